The van der Waals surface area contributed by atoms with E-state index in [0.717, 1.165) is 30.6 Å². The van der Waals surface area contributed by atoms with Gasteiger partial charge in [0.15, 0.2) is 0 Å². The van der Waals surface area contributed by atoms with Crippen LogP contribution in [-0.4, -0.2) is 30.6 Å². The van der Waals surface area contributed by atoms with E-state index in [1.165, 1.54) is 24.3 Å². The second kappa shape index (κ2) is 6.97. The SMILES string of the molecule is COc1ccccc1C1(CNC(=O)c2ccc(C(=O)O)cc2)CCC1. The van der Waals surface area contributed by atoms with Crippen molar-refractivity contribution in [2.75, 3.05) is 13.7 Å². The largest absolute Gasteiger partial charge is 0.496 e. The molecule has 25 heavy (non-hydrogen) atoms. The highest BCUT2D eigenvalue weighted by atomic mass is 16.5. The molecule has 0 saturated heterocycles. The van der Waals surface area contributed by atoms with Gasteiger partial charge in [-0.3, -0.25) is 4.79 Å². The van der Waals surface area contributed by atoms with Crippen LogP contribution < -0.4 is 10.1 Å². The minimum atomic E-state index is -1.00. The third-order valence-electron chi connectivity index (χ3n) is 4.97. The lowest BCUT2D eigenvalue weighted by Gasteiger charge is -2.43. The monoisotopic (exact) mass is 339 g/mol. The minimum Gasteiger partial charge on any atom is -0.496 e. The summed E-state index contributed by atoms with van der Waals surface area (Å²) in [4.78, 5) is 23.3. The molecule has 130 valence electrons. The molecule has 1 saturated carbocycles. The summed E-state index contributed by atoms with van der Waals surface area (Å²) in [5, 5.41) is 11.9. The molecule has 0 bridgehead atoms. The first-order valence-corrected chi connectivity index (χ1v) is 8.31. The molecule has 5 heteroatoms. The van der Waals surface area contributed by atoms with Gasteiger partial charge >= 0.3 is 5.97 Å². The van der Waals surface area contributed by atoms with Crippen LogP contribution in [0.4, 0.5) is 0 Å². The van der Waals surface area contributed by atoms with Crippen LogP contribution in [0.1, 0.15) is 45.5 Å². The summed E-state index contributed by atoms with van der Waals surface area (Å²) in [6.07, 6.45) is 3.14. The molecule has 0 spiro atoms. The summed E-state index contributed by atoms with van der Waals surface area (Å²) in [7, 11) is 1.66. The molecule has 0 radical (unpaired) electrons. The van der Waals surface area contributed by atoms with E-state index in [2.05, 4.69) is 11.4 Å². The van der Waals surface area contributed by atoms with E-state index in [1.807, 2.05) is 18.2 Å². The van der Waals surface area contributed by atoms with Gasteiger partial charge in [-0.2, -0.15) is 0 Å². The average Bonchev–Trinajstić information content (AvgIpc) is 2.61. The number of aromatic carboxylic acids is 1. The van der Waals surface area contributed by atoms with Gasteiger partial charge in [0.05, 0.1) is 12.7 Å². The minimum absolute atomic E-state index is 0.0940. The Hall–Kier alpha value is -2.82. The van der Waals surface area contributed by atoms with Crippen molar-refractivity contribution in [3.05, 3.63) is 65.2 Å². The molecule has 0 aliphatic heterocycles. The molecule has 0 unspecified atom stereocenters. The molecule has 2 N–H and O–H groups in total. The number of carbonyl (C=O) groups excluding carboxylic acids is 1. The molecule has 1 aliphatic rings. The van der Waals surface area contributed by atoms with Gasteiger partial charge < -0.3 is 15.2 Å². The Morgan fingerprint density at radius 1 is 1.08 bits per heavy atom. The molecule has 3 rings (SSSR count). The van der Waals surface area contributed by atoms with Gasteiger partial charge in [-0.1, -0.05) is 24.6 Å². The fraction of sp³-hybridized carbons (Fsp3) is 0.300. The van der Waals surface area contributed by atoms with Gasteiger partial charge in [-0.25, -0.2) is 4.79 Å². The number of para-hydroxylation sites is 1. The Bertz CT molecular complexity index is 779. The van der Waals surface area contributed by atoms with Gasteiger partial charge in [0, 0.05) is 23.1 Å². The highest BCUT2D eigenvalue weighted by Gasteiger charge is 2.40. The number of ether oxygens (including phenoxy) is 1. The van der Waals surface area contributed by atoms with E-state index < -0.39 is 5.97 Å². The third kappa shape index (κ3) is 3.36. The standard InChI is InChI=1S/C20H21NO4/c1-25-17-6-3-2-5-16(17)20(11-4-12-20)13-21-18(22)14-7-9-15(10-8-14)19(23)24/h2-3,5-10H,4,11-13H2,1H3,(H,21,22)(H,23,24). The first-order valence-electron chi connectivity index (χ1n) is 8.31. The van der Waals surface area contributed by atoms with Crippen molar-refractivity contribution in [2.24, 2.45) is 0 Å². The normalized spacial score (nSPS) is 15.1. The number of hydrogen-bond donors (Lipinski definition) is 2. The summed E-state index contributed by atoms with van der Waals surface area (Å²) in [6.45, 7) is 0.535. The number of carboxylic acid groups (broad SMARTS) is 1. The lowest BCUT2D eigenvalue weighted by molar-refractivity contribution is 0.0696. The lowest BCUT2D eigenvalue weighted by Crippen LogP contribution is -2.45. The molecular formula is C20H21NO4. The average molecular weight is 339 g/mol. The van der Waals surface area contributed by atoms with Crippen LogP contribution in [0.3, 0.4) is 0 Å². The molecule has 0 atom stereocenters. The quantitative estimate of drug-likeness (QED) is 0.847. The highest BCUT2D eigenvalue weighted by Crippen LogP contribution is 2.46. The van der Waals surface area contributed by atoms with Gasteiger partial charge in [0.1, 0.15) is 5.75 Å². The highest BCUT2D eigenvalue weighted by molar-refractivity contribution is 5.95. The Morgan fingerprint density at radius 3 is 2.28 bits per heavy atom. The topological polar surface area (TPSA) is 75.6 Å². The van der Waals surface area contributed by atoms with Crippen molar-refractivity contribution in [1.82, 2.24) is 5.32 Å². The van der Waals surface area contributed by atoms with Gasteiger partial charge in [0.2, 0.25) is 0 Å². The fourth-order valence-electron chi connectivity index (χ4n) is 3.34. The summed E-state index contributed by atoms with van der Waals surface area (Å²) >= 11 is 0. The first kappa shape index (κ1) is 17.0. The van der Waals surface area contributed by atoms with Crippen molar-refractivity contribution in [3.8, 4) is 5.75 Å². The maximum Gasteiger partial charge on any atom is 0.335 e. The second-order valence-electron chi connectivity index (χ2n) is 6.40. The lowest BCUT2D eigenvalue weighted by atomic mass is 9.64. The smallest absolute Gasteiger partial charge is 0.335 e. The molecule has 1 aliphatic carbocycles. The second-order valence-corrected chi connectivity index (χ2v) is 6.40. The van der Waals surface area contributed by atoms with Crippen LogP contribution in [0.25, 0.3) is 0 Å². The predicted octanol–water partition coefficient (Wildman–Crippen LogP) is 3.25. The van der Waals surface area contributed by atoms with E-state index in [9.17, 15) is 9.59 Å². The number of carboxylic acids is 1. The summed E-state index contributed by atoms with van der Waals surface area (Å²) in [5.74, 6) is -0.350. The number of methoxy groups -OCH3 is 1. The van der Waals surface area contributed by atoms with Gasteiger partial charge in [-0.05, 0) is 43.2 Å². The van der Waals surface area contributed by atoms with E-state index in [-0.39, 0.29) is 16.9 Å². The Labute approximate surface area is 146 Å². The van der Waals surface area contributed by atoms with Gasteiger partial charge in [0.25, 0.3) is 5.91 Å². The Kier molecular flexibility index (Phi) is 4.74. The number of nitrogens with one attached hydrogen (secondary N) is 1. The molecule has 1 amide bonds. The zero-order valence-corrected chi connectivity index (χ0v) is 14.1. The molecule has 2 aromatic carbocycles. The van der Waals surface area contributed by atoms with Gasteiger partial charge in [-0.15, -0.1) is 0 Å². The van der Waals surface area contributed by atoms with Crippen LogP contribution in [0, 0.1) is 0 Å². The van der Waals surface area contributed by atoms with E-state index in [1.54, 1.807) is 7.11 Å². The molecule has 2 aromatic rings. The molecule has 1 fully saturated rings. The Morgan fingerprint density at radius 2 is 1.72 bits per heavy atom. The maximum absolute atomic E-state index is 12.4. The van der Waals surface area contributed by atoms with Crippen LogP contribution >= 0.6 is 0 Å². The van der Waals surface area contributed by atoms with E-state index in [4.69, 9.17) is 9.84 Å². The first-order chi connectivity index (χ1) is 12.1. The summed E-state index contributed by atoms with van der Waals surface area (Å²) in [6, 6.07) is 13.9. The number of rotatable bonds is 6. The summed E-state index contributed by atoms with van der Waals surface area (Å²) < 4.78 is 5.49. The van der Waals surface area contributed by atoms with Crippen molar-refractivity contribution in [1.29, 1.82) is 0 Å². The van der Waals surface area contributed by atoms with E-state index >= 15 is 0 Å². The number of carbonyl (C=O) groups is 2. The molecule has 0 heterocycles. The zero-order valence-electron chi connectivity index (χ0n) is 14.1. The summed E-state index contributed by atoms with van der Waals surface area (Å²) in [5.41, 5.74) is 1.66. The fourth-order valence-corrected chi connectivity index (χ4v) is 3.34. The van der Waals surface area contributed by atoms with Crippen molar-refractivity contribution >= 4 is 11.9 Å². The number of amides is 1. The zero-order chi connectivity index (χ0) is 17.9. The van der Waals surface area contributed by atoms with Crippen molar-refractivity contribution in [2.45, 2.75) is 24.7 Å². The molecular weight excluding hydrogens is 318 g/mol. The van der Waals surface area contributed by atoms with E-state index in [0.29, 0.717) is 12.1 Å². The van der Waals surface area contributed by atoms with Crippen molar-refractivity contribution < 1.29 is 19.4 Å². The van der Waals surface area contributed by atoms with Crippen molar-refractivity contribution in [3.63, 3.8) is 0 Å². The van der Waals surface area contributed by atoms with Crippen LogP contribution in [0.15, 0.2) is 48.5 Å². The third-order valence-corrected chi connectivity index (χ3v) is 4.97. The number of benzene rings is 2. The molecule has 5 nitrogen and oxygen atoms in total. The van der Waals surface area contributed by atoms with Crippen LogP contribution in [0.2, 0.25) is 0 Å². The Balaban J connectivity index is 1.72. The number of hydrogen-bond acceptors (Lipinski definition) is 3. The maximum atomic E-state index is 12.4. The van der Waals surface area contributed by atoms with Crippen LogP contribution in [-0.2, 0) is 5.41 Å². The molecule has 0 aromatic heterocycles. The predicted molar refractivity (Wildman–Crippen MR) is 94.3 cm³/mol. The van der Waals surface area contributed by atoms with Crippen LogP contribution in [0.5, 0.6) is 5.75 Å².